The van der Waals surface area contributed by atoms with Gasteiger partial charge in [0.05, 0.1) is 4.88 Å². The summed E-state index contributed by atoms with van der Waals surface area (Å²) in [6, 6.07) is 1.98. The van der Waals surface area contributed by atoms with Gasteiger partial charge in [-0.05, 0) is 44.0 Å². The van der Waals surface area contributed by atoms with E-state index < -0.39 is 0 Å². The van der Waals surface area contributed by atoms with E-state index >= 15 is 0 Å². The number of rotatable bonds is 5. The van der Waals surface area contributed by atoms with E-state index in [0.29, 0.717) is 19.5 Å². The smallest absolute Gasteiger partial charge is 0.261 e. The normalized spacial score (nSPS) is 18.3. The average molecular weight is 350 g/mol. The fourth-order valence-electron chi connectivity index (χ4n) is 3.48. The van der Waals surface area contributed by atoms with Gasteiger partial charge in [0.25, 0.3) is 5.91 Å². The van der Waals surface area contributed by atoms with Crippen molar-refractivity contribution in [2.45, 2.75) is 45.6 Å². The molecule has 6 heteroatoms. The fourth-order valence-corrected chi connectivity index (χ4v) is 4.56. The van der Waals surface area contributed by atoms with Crippen LogP contribution in [0, 0.1) is 0 Å². The second-order valence-electron chi connectivity index (χ2n) is 6.64. The molecule has 132 valence electrons. The lowest BCUT2D eigenvalue weighted by Crippen LogP contribution is -2.37. The molecule has 3 heterocycles. The van der Waals surface area contributed by atoms with Crippen LogP contribution in [0.1, 0.15) is 52.7 Å². The number of nitrogens with one attached hydrogen (secondary N) is 1. The van der Waals surface area contributed by atoms with Crippen LogP contribution < -0.4 is 5.32 Å². The molecule has 1 N–H and O–H groups in total. The number of carbonyl (C=O) groups is 2. The van der Waals surface area contributed by atoms with Gasteiger partial charge in [-0.2, -0.15) is 0 Å². The number of carbonyl (C=O) groups excluding carboxylic acids is 2. The number of amides is 2. The lowest BCUT2D eigenvalue weighted by atomic mass is 10.1. The van der Waals surface area contributed by atoms with E-state index in [4.69, 9.17) is 0 Å². The Balaban J connectivity index is 1.51. The first-order chi connectivity index (χ1) is 11.7. The van der Waals surface area contributed by atoms with Crippen molar-refractivity contribution in [3.8, 4) is 0 Å². The van der Waals surface area contributed by atoms with E-state index in [1.165, 1.54) is 24.1 Å². The van der Waals surface area contributed by atoms with Crippen molar-refractivity contribution < 1.29 is 9.59 Å². The molecule has 0 aromatic carbocycles. The summed E-state index contributed by atoms with van der Waals surface area (Å²) in [6.07, 6.45) is 5.30. The molecule has 0 radical (unpaired) electrons. The van der Waals surface area contributed by atoms with Crippen molar-refractivity contribution in [3.63, 3.8) is 0 Å². The van der Waals surface area contributed by atoms with Gasteiger partial charge in [0, 0.05) is 37.5 Å². The van der Waals surface area contributed by atoms with Gasteiger partial charge in [-0.25, -0.2) is 0 Å². The van der Waals surface area contributed by atoms with Crippen LogP contribution in [0.15, 0.2) is 6.07 Å². The summed E-state index contributed by atoms with van der Waals surface area (Å²) in [6.45, 7) is 7.29. The second-order valence-corrected chi connectivity index (χ2v) is 7.77. The molecule has 2 aliphatic rings. The predicted molar refractivity (Wildman–Crippen MR) is 96.4 cm³/mol. The van der Waals surface area contributed by atoms with Crippen molar-refractivity contribution in [1.82, 2.24) is 15.1 Å². The molecule has 2 aliphatic heterocycles. The Labute approximate surface area is 148 Å². The molecule has 0 unspecified atom stereocenters. The number of piperidine rings is 1. The fraction of sp³-hybridized carbons (Fsp3) is 0.667. The first-order valence-corrected chi connectivity index (χ1v) is 9.89. The third-order valence-corrected chi connectivity index (χ3v) is 6.14. The van der Waals surface area contributed by atoms with Crippen molar-refractivity contribution in [2.24, 2.45) is 0 Å². The van der Waals surface area contributed by atoms with E-state index in [1.54, 1.807) is 11.3 Å². The zero-order valence-electron chi connectivity index (χ0n) is 14.5. The van der Waals surface area contributed by atoms with Gasteiger partial charge in [0.1, 0.15) is 0 Å². The molecule has 0 bridgehead atoms. The lowest BCUT2D eigenvalue weighted by molar-refractivity contribution is -0.131. The third-order valence-electron chi connectivity index (χ3n) is 4.91. The summed E-state index contributed by atoms with van der Waals surface area (Å²) < 4.78 is 0. The molecule has 0 atom stereocenters. The third kappa shape index (κ3) is 4.16. The van der Waals surface area contributed by atoms with Crippen LogP contribution in [0.5, 0.6) is 0 Å². The van der Waals surface area contributed by atoms with Gasteiger partial charge in [0.2, 0.25) is 5.91 Å². The topological polar surface area (TPSA) is 52.7 Å². The number of hydrogen-bond acceptors (Lipinski definition) is 4. The molecule has 1 aromatic heterocycles. The summed E-state index contributed by atoms with van der Waals surface area (Å²) in [5, 5.41) is 3.05. The van der Waals surface area contributed by atoms with Gasteiger partial charge in [-0.1, -0.05) is 13.3 Å². The molecular formula is C18H27N3O2S. The second kappa shape index (κ2) is 8.12. The Morgan fingerprint density at radius 1 is 1.21 bits per heavy atom. The van der Waals surface area contributed by atoms with Crippen LogP contribution in [0.3, 0.4) is 0 Å². The maximum atomic E-state index is 12.4. The molecule has 5 nitrogen and oxygen atoms in total. The van der Waals surface area contributed by atoms with E-state index in [-0.39, 0.29) is 11.8 Å². The quantitative estimate of drug-likeness (QED) is 0.887. The minimum atomic E-state index is 0.0276. The maximum Gasteiger partial charge on any atom is 0.261 e. The number of fused-ring (bicyclic) bond motifs is 1. The van der Waals surface area contributed by atoms with Crippen LogP contribution in [-0.2, 0) is 17.8 Å². The van der Waals surface area contributed by atoms with Gasteiger partial charge >= 0.3 is 0 Å². The first-order valence-electron chi connectivity index (χ1n) is 9.07. The molecule has 1 saturated heterocycles. The summed E-state index contributed by atoms with van der Waals surface area (Å²) in [4.78, 5) is 30.6. The van der Waals surface area contributed by atoms with Crippen molar-refractivity contribution in [1.29, 1.82) is 0 Å². The molecule has 24 heavy (non-hydrogen) atoms. The number of hydrogen-bond donors (Lipinski definition) is 1. The lowest BCUT2D eigenvalue weighted by Gasteiger charge is -2.26. The Hall–Kier alpha value is -1.40. The van der Waals surface area contributed by atoms with E-state index in [9.17, 15) is 9.59 Å². The van der Waals surface area contributed by atoms with E-state index in [0.717, 1.165) is 43.0 Å². The summed E-state index contributed by atoms with van der Waals surface area (Å²) in [5.74, 6) is 0.221. The monoisotopic (exact) mass is 349 g/mol. The highest BCUT2D eigenvalue weighted by molar-refractivity contribution is 7.14. The van der Waals surface area contributed by atoms with Gasteiger partial charge in [-0.3, -0.25) is 9.59 Å². The molecule has 3 rings (SSSR count). The Morgan fingerprint density at radius 2 is 2.00 bits per heavy atom. The van der Waals surface area contributed by atoms with Crippen LogP contribution >= 0.6 is 11.3 Å². The zero-order valence-corrected chi connectivity index (χ0v) is 15.3. The van der Waals surface area contributed by atoms with Crippen LogP contribution in [0.2, 0.25) is 0 Å². The minimum absolute atomic E-state index is 0.0276. The molecule has 0 saturated carbocycles. The van der Waals surface area contributed by atoms with Crippen LogP contribution in [-0.4, -0.2) is 54.3 Å². The highest BCUT2D eigenvalue weighted by atomic mass is 32.1. The van der Waals surface area contributed by atoms with Gasteiger partial charge in [-0.15, -0.1) is 11.3 Å². The van der Waals surface area contributed by atoms with Crippen molar-refractivity contribution in [2.75, 3.05) is 32.7 Å². The highest BCUT2D eigenvalue weighted by Gasteiger charge is 2.23. The standard InChI is InChI=1S/C18H27N3O2S/c1-2-17(22)21-10-6-15-14(13-21)12-16(24-15)18(23)19-7-11-20-8-4-3-5-9-20/h12H,2-11,13H2,1H3,(H,19,23). The molecule has 0 spiro atoms. The molecule has 1 fully saturated rings. The SMILES string of the molecule is CCC(=O)N1CCc2sc(C(=O)NCCN3CCCCC3)cc2C1. The average Bonchev–Trinajstić information content (AvgIpc) is 3.05. The number of likely N-dealkylation sites (tertiary alicyclic amines) is 1. The number of thiophene rings is 1. The summed E-state index contributed by atoms with van der Waals surface area (Å²) in [7, 11) is 0. The molecular weight excluding hydrogens is 322 g/mol. The van der Waals surface area contributed by atoms with Crippen molar-refractivity contribution in [3.05, 3.63) is 21.4 Å². The van der Waals surface area contributed by atoms with Crippen LogP contribution in [0.25, 0.3) is 0 Å². The Kier molecular flexibility index (Phi) is 5.89. The molecule has 1 aromatic rings. The number of nitrogens with zero attached hydrogens (tertiary/aromatic N) is 2. The van der Waals surface area contributed by atoms with E-state index in [1.807, 2.05) is 17.9 Å². The maximum absolute atomic E-state index is 12.4. The Morgan fingerprint density at radius 3 is 2.75 bits per heavy atom. The minimum Gasteiger partial charge on any atom is -0.350 e. The van der Waals surface area contributed by atoms with Gasteiger partial charge in [0.15, 0.2) is 0 Å². The summed E-state index contributed by atoms with van der Waals surface area (Å²) in [5.41, 5.74) is 1.15. The summed E-state index contributed by atoms with van der Waals surface area (Å²) >= 11 is 1.59. The van der Waals surface area contributed by atoms with E-state index in [2.05, 4.69) is 10.2 Å². The van der Waals surface area contributed by atoms with Gasteiger partial charge < -0.3 is 15.1 Å². The molecule has 2 amide bonds. The first kappa shape index (κ1) is 17.4. The zero-order chi connectivity index (χ0) is 16.9. The predicted octanol–water partition coefficient (Wildman–Crippen LogP) is 2.26. The Bertz CT molecular complexity index is 593. The van der Waals surface area contributed by atoms with Crippen molar-refractivity contribution >= 4 is 23.2 Å². The molecule has 0 aliphatic carbocycles. The highest BCUT2D eigenvalue weighted by Crippen LogP contribution is 2.28. The largest absolute Gasteiger partial charge is 0.350 e. The van der Waals surface area contributed by atoms with Crippen LogP contribution in [0.4, 0.5) is 0 Å².